The van der Waals surface area contributed by atoms with Crippen molar-refractivity contribution in [1.82, 2.24) is 28.7 Å². The van der Waals surface area contributed by atoms with Crippen LogP contribution >= 0.6 is 0 Å². The van der Waals surface area contributed by atoms with Gasteiger partial charge in [0.2, 0.25) is 5.78 Å². The topological polar surface area (TPSA) is 142 Å². The number of aromatic nitrogens is 6. The van der Waals surface area contributed by atoms with Gasteiger partial charge in [0.05, 0.1) is 38.9 Å². The van der Waals surface area contributed by atoms with Crippen LogP contribution in [0.5, 0.6) is 0 Å². The van der Waals surface area contributed by atoms with Crippen LogP contribution < -0.4 is 5.73 Å². The summed E-state index contributed by atoms with van der Waals surface area (Å²) in [6.45, 7) is 3.69. The van der Waals surface area contributed by atoms with Crippen molar-refractivity contribution in [1.29, 1.82) is 0 Å². The Balaban J connectivity index is 1.41. The standard InChI is InChI=1S/C32H24FN7O3S/c1-18-5-10-23(11-6-18)44(42,43)40-28-15-21(30-25(33)4-3-13-35-30)8-7-20(28)14-29(40)31(41)24-17-36-39(32(24)34)22-9-12-26-27(16-22)38-19(2)37-26/h3-17H,34H2,1-2H3,(H,37,38). The van der Waals surface area contributed by atoms with E-state index in [0.29, 0.717) is 16.6 Å². The Morgan fingerprint density at radius 1 is 0.977 bits per heavy atom. The number of anilines is 1. The van der Waals surface area contributed by atoms with Crippen molar-refractivity contribution in [3.63, 3.8) is 0 Å². The molecule has 0 aliphatic rings. The van der Waals surface area contributed by atoms with Gasteiger partial charge in [-0.1, -0.05) is 29.8 Å². The van der Waals surface area contributed by atoms with Crippen LogP contribution in [0.1, 0.15) is 27.4 Å². The smallest absolute Gasteiger partial charge is 0.268 e. The average molecular weight is 606 g/mol. The van der Waals surface area contributed by atoms with Gasteiger partial charge in [-0.3, -0.25) is 9.78 Å². The van der Waals surface area contributed by atoms with Crippen LogP contribution in [0.2, 0.25) is 0 Å². The van der Waals surface area contributed by atoms with Crippen molar-refractivity contribution < 1.29 is 17.6 Å². The maximum atomic E-state index is 14.7. The highest BCUT2D eigenvalue weighted by atomic mass is 32.2. The highest BCUT2D eigenvalue weighted by molar-refractivity contribution is 7.90. The number of nitrogens with one attached hydrogen (secondary N) is 1. The first kappa shape index (κ1) is 27.2. The number of fused-ring (bicyclic) bond motifs is 2. The van der Waals surface area contributed by atoms with Gasteiger partial charge in [-0.15, -0.1) is 0 Å². The highest BCUT2D eigenvalue weighted by Crippen LogP contribution is 2.32. The summed E-state index contributed by atoms with van der Waals surface area (Å²) in [4.78, 5) is 25.8. The van der Waals surface area contributed by atoms with Crippen molar-refractivity contribution in [2.24, 2.45) is 0 Å². The van der Waals surface area contributed by atoms with Crippen LogP contribution in [-0.4, -0.2) is 42.9 Å². The van der Waals surface area contributed by atoms with Gasteiger partial charge in [0.25, 0.3) is 10.0 Å². The molecule has 0 fully saturated rings. The van der Waals surface area contributed by atoms with Crippen LogP contribution in [0.15, 0.2) is 96.2 Å². The van der Waals surface area contributed by atoms with Crippen LogP contribution in [0.3, 0.4) is 0 Å². The van der Waals surface area contributed by atoms with Gasteiger partial charge in [-0.25, -0.2) is 26.4 Å². The number of hydrogen-bond acceptors (Lipinski definition) is 7. The summed E-state index contributed by atoms with van der Waals surface area (Å²) in [6.07, 6.45) is 2.76. The van der Waals surface area contributed by atoms with Crippen molar-refractivity contribution >= 4 is 43.6 Å². The molecule has 218 valence electrons. The minimum absolute atomic E-state index is 0.0177. The van der Waals surface area contributed by atoms with Crippen molar-refractivity contribution in [2.45, 2.75) is 18.7 Å². The Morgan fingerprint density at radius 2 is 1.77 bits per heavy atom. The van der Waals surface area contributed by atoms with E-state index in [0.717, 1.165) is 26.4 Å². The van der Waals surface area contributed by atoms with Gasteiger partial charge in [0.15, 0.2) is 0 Å². The highest BCUT2D eigenvalue weighted by Gasteiger charge is 2.29. The molecule has 0 aliphatic carbocycles. The zero-order chi connectivity index (χ0) is 30.7. The molecule has 0 unspecified atom stereocenters. The summed E-state index contributed by atoms with van der Waals surface area (Å²) < 4.78 is 45.4. The first-order valence-electron chi connectivity index (χ1n) is 13.6. The summed E-state index contributed by atoms with van der Waals surface area (Å²) in [7, 11) is -4.31. The van der Waals surface area contributed by atoms with E-state index < -0.39 is 21.6 Å². The number of benzene rings is 3. The molecule has 10 nitrogen and oxygen atoms in total. The van der Waals surface area contributed by atoms with E-state index in [4.69, 9.17) is 5.73 Å². The largest absolute Gasteiger partial charge is 0.383 e. The molecule has 7 rings (SSSR count). The Labute approximate surface area is 250 Å². The molecule has 3 N–H and O–H groups in total. The number of nitrogen functional groups attached to an aromatic ring is 1. The summed E-state index contributed by atoms with van der Waals surface area (Å²) >= 11 is 0. The number of halogens is 1. The van der Waals surface area contributed by atoms with Gasteiger partial charge < -0.3 is 10.7 Å². The monoisotopic (exact) mass is 605 g/mol. The number of aryl methyl sites for hydroxylation is 2. The number of aromatic amines is 1. The lowest BCUT2D eigenvalue weighted by molar-refractivity contribution is 0.103. The van der Waals surface area contributed by atoms with Crippen LogP contribution in [-0.2, 0) is 10.0 Å². The summed E-state index contributed by atoms with van der Waals surface area (Å²) in [5, 5.41) is 4.81. The Kier molecular flexibility index (Phi) is 6.18. The minimum Gasteiger partial charge on any atom is -0.383 e. The van der Waals surface area contributed by atoms with Crippen LogP contribution in [0, 0.1) is 19.7 Å². The normalized spacial score (nSPS) is 11.9. The third-order valence-corrected chi connectivity index (χ3v) is 9.21. The lowest BCUT2D eigenvalue weighted by Gasteiger charge is -2.13. The molecule has 0 saturated carbocycles. The number of imidazole rings is 1. The fourth-order valence-corrected chi connectivity index (χ4v) is 6.79. The second-order valence-corrected chi connectivity index (χ2v) is 12.2. The Morgan fingerprint density at radius 3 is 2.55 bits per heavy atom. The number of nitrogens with zero attached hydrogens (tertiary/aromatic N) is 5. The average Bonchev–Trinajstić information content (AvgIpc) is 3.70. The zero-order valence-corrected chi connectivity index (χ0v) is 24.3. The lowest BCUT2D eigenvalue weighted by atomic mass is 10.1. The molecular weight excluding hydrogens is 581 g/mol. The van der Waals surface area contributed by atoms with E-state index in [2.05, 4.69) is 20.1 Å². The third-order valence-electron chi connectivity index (χ3n) is 7.46. The molecule has 0 amide bonds. The number of rotatable bonds is 6. The first-order chi connectivity index (χ1) is 21.1. The van der Waals surface area contributed by atoms with Gasteiger partial charge in [0.1, 0.15) is 28.8 Å². The molecule has 0 bridgehead atoms. The van der Waals surface area contributed by atoms with Crippen molar-refractivity contribution in [3.8, 4) is 16.9 Å². The zero-order valence-electron chi connectivity index (χ0n) is 23.5. The number of pyridine rings is 1. The number of carbonyl (C=O) groups is 1. The maximum Gasteiger partial charge on any atom is 0.268 e. The van der Waals surface area contributed by atoms with Crippen LogP contribution in [0.25, 0.3) is 38.9 Å². The number of hydrogen-bond donors (Lipinski definition) is 2. The van der Waals surface area contributed by atoms with E-state index in [1.807, 2.05) is 26.0 Å². The molecule has 0 spiro atoms. The fourth-order valence-electron chi connectivity index (χ4n) is 5.29. The molecule has 3 aromatic carbocycles. The SMILES string of the molecule is Cc1ccc(S(=O)(=O)n2c(C(=O)c3cnn(-c4ccc5nc(C)[nH]c5c4)c3N)cc3ccc(-c4ncccc4F)cc32)cc1. The second kappa shape index (κ2) is 9.99. The van der Waals surface area contributed by atoms with E-state index in [1.165, 1.54) is 53.5 Å². The van der Waals surface area contributed by atoms with E-state index in [1.54, 1.807) is 30.3 Å². The third kappa shape index (κ3) is 4.34. The Hall–Kier alpha value is -5.62. The van der Waals surface area contributed by atoms with Crippen molar-refractivity contribution in [3.05, 3.63) is 120 Å². The van der Waals surface area contributed by atoms with E-state index in [-0.39, 0.29) is 33.2 Å². The summed E-state index contributed by atoms with van der Waals surface area (Å²) in [6, 6.07) is 20.7. The molecular formula is C32H24FN7O3S. The molecule has 4 aromatic heterocycles. The number of H-pyrrole nitrogens is 1. The number of carbonyl (C=O) groups excluding carboxylic acids is 1. The van der Waals surface area contributed by atoms with Gasteiger partial charge in [0, 0.05) is 17.1 Å². The molecule has 0 saturated heterocycles. The molecule has 4 heterocycles. The van der Waals surface area contributed by atoms with E-state index in [9.17, 15) is 17.6 Å². The number of nitrogens with two attached hydrogens (primary N) is 1. The van der Waals surface area contributed by atoms with Gasteiger partial charge >= 0.3 is 0 Å². The molecule has 7 aromatic rings. The fraction of sp³-hybridized carbons (Fsp3) is 0.0625. The van der Waals surface area contributed by atoms with Crippen LogP contribution in [0.4, 0.5) is 10.2 Å². The molecule has 44 heavy (non-hydrogen) atoms. The lowest BCUT2D eigenvalue weighted by Crippen LogP contribution is -2.19. The van der Waals surface area contributed by atoms with Gasteiger partial charge in [-0.2, -0.15) is 5.10 Å². The molecule has 0 radical (unpaired) electrons. The van der Waals surface area contributed by atoms with Gasteiger partial charge in [-0.05, 0) is 68.4 Å². The maximum absolute atomic E-state index is 14.7. The van der Waals surface area contributed by atoms with E-state index >= 15 is 0 Å². The predicted molar refractivity (Wildman–Crippen MR) is 165 cm³/mol. The first-order valence-corrected chi connectivity index (χ1v) is 15.0. The number of ketones is 1. The molecule has 12 heteroatoms. The minimum atomic E-state index is -4.31. The predicted octanol–water partition coefficient (Wildman–Crippen LogP) is 5.57. The van der Waals surface area contributed by atoms with Crippen molar-refractivity contribution in [2.75, 3.05) is 5.73 Å². The Bertz CT molecular complexity index is 2370. The summed E-state index contributed by atoms with van der Waals surface area (Å²) in [5.41, 5.74) is 9.92. The quantitative estimate of drug-likeness (QED) is 0.236. The molecule has 0 atom stereocenters. The summed E-state index contributed by atoms with van der Waals surface area (Å²) in [5.74, 6) is -0.430. The second-order valence-electron chi connectivity index (χ2n) is 10.4. The molecule has 0 aliphatic heterocycles.